The van der Waals surface area contributed by atoms with Crippen molar-refractivity contribution < 1.29 is 14.3 Å². The molecule has 7 heteroatoms. The van der Waals surface area contributed by atoms with Crippen LogP contribution in [0.4, 0.5) is 5.69 Å². The molecule has 0 saturated heterocycles. The van der Waals surface area contributed by atoms with Gasteiger partial charge >= 0.3 is 0 Å². The minimum absolute atomic E-state index is 0.210. The molecule has 0 bridgehead atoms. The van der Waals surface area contributed by atoms with Gasteiger partial charge in [-0.15, -0.1) is 11.3 Å². The second-order valence-electron chi connectivity index (χ2n) is 3.84. The van der Waals surface area contributed by atoms with Gasteiger partial charge in [0.05, 0.1) is 9.21 Å². The molecule has 20 heavy (non-hydrogen) atoms. The zero-order valence-corrected chi connectivity index (χ0v) is 11.8. The molecular weight excluding hydrogens is 300 g/mol. The van der Waals surface area contributed by atoms with Gasteiger partial charge in [0.25, 0.3) is 11.8 Å². The molecule has 2 rings (SSSR count). The Morgan fingerprint density at radius 1 is 1.30 bits per heavy atom. The summed E-state index contributed by atoms with van der Waals surface area (Å²) >= 11 is 6.97. The number of hydrogen-bond donors (Lipinski definition) is 2. The number of halogens is 1. The van der Waals surface area contributed by atoms with Crippen molar-refractivity contribution in [3.8, 4) is 5.75 Å². The number of carbonyl (C=O) groups is 2. The van der Waals surface area contributed by atoms with Crippen molar-refractivity contribution in [1.29, 1.82) is 0 Å². The van der Waals surface area contributed by atoms with E-state index in [9.17, 15) is 9.59 Å². The van der Waals surface area contributed by atoms with Crippen LogP contribution in [0.15, 0.2) is 36.4 Å². The fourth-order valence-corrected chi connectivity index (χ4v) is 2.39. The van der Waals surface area contributed by atoms with Crippen LogP contribution in [-0.2, 0) is 4.79 Å². The number of rotatable bonds is 5. The number of anilines is 1. The smallest absolute Gasteiger partial charge is 0.265 e. The molecule has 0 fully saturated rings. The lowest BCUT2D eigenvalue weighted by Crippen LogP contribution is -2.20. The summed E-state index contributed by atoms with van der Waals surface area (Å²) in [4.78, 5) is 23.1. The summed E-state index contributed by atoms with van der Waals surface area (Å²) in [7, 11) is 0. The highest BCUT2D eigenvalue weighted by Crippen LogP contribution is 2.23. The molecule has 0 aliphatic carbocycles. The van der Waals surface area contributed by atoms with Gasteiger partial charge in [0, 0.05) is 11.8 Å². The van der Waals surface area contributed by atoms with E-state index in [1.54, 1.807) is 36.4 Å². The Morgan fingerprint density at radius 2 is 2.10 bits per heavy atom. The van der Waals surface area contributed by atoms with Gasteiger partial charge in [-0.05, 0) is 24.3 Å². The maximum Gasteiger partial charge on any atom is 0.265 e. The molecule has 2 aromatic rings. The largest absolute Gasteiger partial charge is 0.484 e. The maximum atomic E-state index is 11.9. The lowest BCUT2D eigenvalue weighted by molar-refractivity contribution is -0.119. The van der Waals surface area contributed by atoms with Crippen LogP contribution in [0.5, 0.6) is 5.75 Å². The van der Waals surface area contributed by atoms with E-state index >= 15 is 0 Å². The topological polar surface area (TPSA) is 81.4 Å². The number of hydrogen-bond acceptors (Lipinski definition) is 4. The van der Waals surface area contributed by atoms with E-state index in [2.05, 4.69) is 5.32 Å². The van der Waals surface area contributed by atoms with Crippen LogP contribution < -0.4 is 15.8 Å². The van der Waals surface area contributed by atoms with Crippen molar-refractivity contribution in [3.63, 3.8) is 0 Å². The van der Waals surface area contributed by atoms with E-state index in [0.29, 0.717) is 20.7 Å². The Hall–Kier alpha value is -2.05. The zero-order chi connectivity index (χ0) is 14.5. The third-order valence-corrected chi connectivity index (χ3v) is 3.50. The Labute approximate surface area is 124 Å². The van der Waals surface area contributed by atoms with E-state index in [1.165, 1.54) is 11.3 Å². The molecule has 0 unspecified atom stereocenters. The maximum absolute atomic E-state index is 11.9. The minimum Gasteiger partial charge on any atom is -0.484 e. The van der Waals surface area contributed by atoms with Crippen molar-refractivity contribution in [1.82, 2.24) is 0 Å². The van der Waals surface area contributed by atoms with Crippen LogP contribution in [0.25, 0.3) is 0 Å². The summed E-state index contributed by atoms with van der Waals surface area (Å²) < 4.78 is 5.70. The van der Waals surface area contributed by atoms with E-state index in [1.807, 2.05) is 0 Å². The first-order valence-electron chi connectivity index (χ1n) is 5.62. The molecule has 0 atom stereocenters. The molecule has 2 amide bonds. The molecule has 0 saturated carbocycles. The van der Waals surface area contributed by atoms with Gasteiger partial charge in [-0.3, -0.25) is 9.59 Å². The first-order valence-corrected chi connectivity index (χ1v) is 6.82. The normalized spacial score (nSPS) is 10.1. The van der Waals surface area contributed by atoms with Gasteiger partial charge in [0.15, 0.2) is 6.61 Å². The third-order valence-electron chi connectivity index (χ3n) is 2.27. The molecule has 1 heterocycles. The first kappa shape index (κ1) is 14.4. The van der Waals surface area contributed by atoms with Crippen molar-refractivity contribution in [2.24, 2.45) is 5.73 Å². The highest BCUT2D eigenvalue weighted by atomic mass is 35.5. The molecule has 3 N–H and O–H groups in total. The van der Waals surface area contributed by atoms with E-state index in [0.717, 1.165) is 0 Å². The molecule has 1 aromatic heterocycles. The van der Waals surface area contributed by atoms with Gasteiger partial charge in [-0.1, -0.05) is 17.7 Å². The number of amides is 2. The second-order valence-corrected chi connectivity index (χ2v) is 5.56. The standard InChI is InChI=1S/C13H11ClN2O3S/c14-11-5-4-10(20-11)13(18)16-8-2-1-3-9(6-8)19-7-12(15)17/h1-6H,7H2,(H2,15,17)(H,16,18). The predicted molar refractivity (Wildman–Crippen MR) is 78.4 cm³/mol. The average molecular weight is 311 g/mol. The first-order chi connectivity index (χ1) is 9.54. The summed E-state index contributed by atoms with van der Waals surface area (Å²) in [6.45, 7) is -0.210. The van der Waals surface area contributed by atoms with Crippen LogP contribution in [-0.4, -0.2) is 18.4 Å². The number of benzene rings is 1. The summed E-state index contributed by atoms with van der Waals surface area (Å²) in [6, 6.07) is 10.00. The number of nitrogens with two attached hydrogens (primary N) is 1. The lowest BCUT2D eigenvalue weighted by Gasteiger charge is -2.07. The van der Waals surface area contributed by atoms with Crippen LogP contribution >= 0.6 is 22.9 Å². The number of thiophene rings is 1. The highest BCUT2D eigenvalue weighted by molar-refractivity contribution is 7.18. The third kappa shape index (κ3) is 3.97. The summed E-state index contributed by atoms with van der Waals surface area (Å²) in [5.74, 6) is -0.368. The molecule has 0 spiro atoms. The van der Waals surface area contributed by atoms with E-state index in [4.69, 9.17) is 22.1 Å². The molecule has 104 valence electrons. The van der Waals surface area contributed by atoms with Crippen LogP contribution in [0, 0.1) is 0 Å². The Bertz CT molecular complexity index is 642. The van der Waals surface area contributed by atoms with E-state index < -0.39 is 5.91 Å². The van der Waals surface area contributed by atoms with Crippen LogP contribution in [0.3, 0.4) is 0 Å². The molecule has 1 aromatic carbocycles. The van der Waals surface area contributed by atoms with Crippen molar-refractivity contribution >= 4 is 40.4 Å². The Kier molecular flexibility index (Phi) is 4.60. The Balaban J connectivity index is 2.04. The van der Waals surface area contributed by atoms with Crippen molar-refractivity contribution in [2.75, 3.05) is 11.9 Å². The monoisotopic (exact) mass is 310 g/mol. The Morgan fingerprint density at radius 3 is 2.75 bits per heavy atom. The van der Waals surface area contributed by atoms with Crippen molar-refractivity contribution in [3.05, 3.63) is 45.6 Å². The molecule has 0 aliphatic rings. The average Bonchev–Trinajstić information content (AvgIpc) is 2.84. The number of carbonyl (C=O) groups excluding carboxylic acids is 2. The molecule has 0 aliphatic heterocycles. The van der Waals surface area contributed by atoms with Gasteiger partial charge < -0.3 is 15.8 Å². The second kappa shape index (κ2) is 6.40. The predicted octanol–water partition coefficient (Wildman–Crippen LogP) is 2.52. The zero-order valence-electron chi connectivity index (χ0n) is 10.3. The van der Waals surface area contributed by atoms with Crippen LogP contribution in [0.1, 0.15) is 9.67 Å². The van der Waals surface area contributed by atoms with Crippen molar-refractivity contribution in [2.45, 2.75) is 0 Å². The SMILES string of the molecule is NC(=O)COc1cccc(NC(=O)c2ccc(Cl)s2)c1. The summed E-state index contributed by atoms with van der Waals surface area (Å²) in [5.41, 5.74) is 5.55. The number of nitrogens with one attached hydrogen (secondary N) is 1. The van der Waals surface area contributed by atoms with Gasteiger partial charge in [-0.25, -0.2) is 0 Å². The van der Waals surface area contributed by atoms with E-state index in [-0.39, 0.29) is 12.5 Å². The van der Waals surface area contributed by atoms with Gasteiger partial charge in [-0.2, -0.15) is 0 Å². The number of ether oxygens (including phenoxy) is 1. The molecule has 5 nitrogen and oxygen atoms in total. The van der Waals surface area contributed by atoms with Crippen LogP contribution in [0.2, 0.25) is 4.34 Å². The minimum atomic E-state index is -0.562. The van der Waals surface area contributed by atoms with Gasteiger partial charge in [0.2, 0.25) is 0 Å². The molecule has 0 radical (unpaired) electrons. The fraction of sp³-hybridized carbons (Fsp3) is 0.0769. The van der Waals surface area contributed by atoms with Gasteiger partial charge in [0.1, 0.15) is 5.75 Å². The fourth-order valence-electron chi connectivity index (χ4n) is 1.45. The quantitative estimate of drug-likeness (QED) is 0.890. The summed E-state index contributed by atoms with van der Waals surface area (Å²) in [6.07, 6.45) is 0. The molecular formula is C13H11ClN2O3S. The highest BCUT2D eigenvalue weighted by Gasteiger charge is 2.09. The number of primary amides is 1. The summed E-state index contributed by atoms with van der Waals surface area (Å²) in [5, 5.41) is 2.72. The lowest BCUT2D eigenvalue weighted by atomic mass is 10.3.